The van der Waals surface area contributed by atoms with Gasteiger partial charge in [0.05, 0.1) is 6.04 Å². The molecule has 7 heteroatoms. The van der Waals surface area contributed by atoms with E-state index in [4.69, 9.17) is 0 Å². The fourth-order valence-corrected chi connectivity index (χ4v) is 2.76. The lowest BCUT2D eigenvalue weighted by molar-refractivity contribution is -0.127. The Morgan fingerprint density at radius 2 is 1.91 bits per heavy atom. The van der Waals surface area contributed by atoms with Crippen molar-refractivity contribution in [1.82, 2.24) is 25.8 Å². The van der Waals surface area contributed by atoms with Crippen LogP contribution in [0, 0.1) is 0 Å². The number of aromatic amines is 1. The third-order valence-corrected chi connectivity index (χ3v) is 4.02. The van der Waals surface area contributed by atoms with E-state index in [-0.39, 0.29) is 36.7 Å². The highest BCUT2D eigenvalue weighted by Crippen LogP contribution is 2.17. The normalized spacial score (nSPS) is 17.5. The molecule has 3 N–H and O–H groups in total. The van der Waals surface area contributed by atoms with Gasteiger partial charge in [0, 0.05) is 18.9 Å². The molecule has 1 aromatic rings. The van der Waals surface area contributed by atoms with Gasteiger partial charge in [-0.1, -0.05) is 25.7 Å². The Labute approximate surface area is 130 Å². The Bertz CT molecular complexity index is 466. The van der Waals surface area contributed by atoms with E-state index in [9.17, 15) is 9.59 Å². The molecule has 22 heavy (non-hydrogen) atoms. The predicted octanol–water partition coefficient (Wildman–Crippen LogP) is 1.60. The van der Waals surface area contributed by atoms with Crippen LogP contribution in [-0.4, -0.2) is 33.0 Å². The first kappa shape index (κ1) is 16.5. The van der Waals surface area contributed by atoms with Gasteiger partial charge in [0.2, 0.25) is 11.8 Å². The van der Waals surface area contributed by atoms with Crippen LogP contribution in [0.5, 0.6) is 0 Å². The van der Waals surface area contributed by atoms with Crippen LogP contribution < -0.4 is 10.6 Å². The van der Waals surface area contributed by atoms with E-state index >= 15 is 0 Å². The summed E-state index contributed by atoms with van der Waals surface area (Å²) in [5.41, 5.74) is 0. The van der Waals surface area contributed by atoms with Gasteiger partial charge in [0.1, 0.15) is 12.2 Å². The van der Waals surface area contributed by atoms with Crippen LogP contribution in [0.25, 0.3) is 0 Å². The molecule has 1 aromatic heterocycles. The molecule has 0 spiro atoms. The number of rotatable bonds is 6. The van der Waals surface area contributed by atoms with E-state index in [2.05, 4.69) is 25.8 Å². The third kappa shape index (κ3) is 5.46. The molecular weight excluding hydrogens is 282 g/mol. The molecule has 1 heterocycles. The van der Waals surface area contributed by atoms with Gasteiger partial charge < -0.3 is 10.6 Å². The second-order valence-corrected chi connectivity index (χ2v) is 5.92. The fraction of sp³-hybridized carbons (Fsp3) is 0.733. The number of H-pyrrole nitrogens is 1. The van der Waals surface area contributed by atoms with Crippen LogP contribution in [0.3, 0.4) is 0 Å². The molecule has 122 valence electrons. The van der Waals surface area contributed by atoms with Crippen molar-refractivity contribution >= 4 is 11.8 Å². The average molecular weight is 307 g/mol. The van der Waals surface area contributed by atoms with E-state index in [0.29, 0.717) is 5.82 Å². The van der Waals surface area contributed by atoms with Gasteiger partial charge in [-0.25, -0.2) is 4.98 Å². The maximum absolute atomic E-state index is 11.9. The predicted molar refractivity (Wildman–Crippen MR) is 81.8 cm³/mol. The third-order valence-electron chi connectivity index (χ3n) is 4.02. The number of aromatic nitrogens is 3. The van der Waals surface area contributed by atoms with E-state index in [1.165, 1.54) is 32.0 Å². The summed E-state index contributed by atoms with van der Waals surface area (Å²) >= 11 is 0. The Kier molecular flexibility index (Phi) is 6.36. The average Bonchev–Trinajstić information content (AvgIpc) is 2.92. The second-order valence-electron chi connectivity index (χ2n) is 5.92. The topological polar surface area (TPSA) is 99.8 Å². The highest BCUT2D eigenvalue weighted by molar-refractivity contribution is 5.83. The minimum Gasteiger partial charge on any atom is -0.353 e. The molecule has 1 aliphatic rings. The molecule has 1 fully saturated rings. The van der Waals surface area contributed by atoms with Crippen molar-refractivity contribution < 1.29 is 9.59 Å². The number of hydrogen-bond donors (Lipinski definition) is 3. The molecule has 0 aliphatic heterocycles. The molecule has 1 aliphatic carbocycles. The van der Waals surface area contributed by atoms with Crippen LogP contribution in [0.4, 0.5) is 0 Å². The minimum absolute atomic E-state index is 0.0330. The molecule has 0 bridgehead atoms. The van der Waals surface area contributed by atoms with Gasteiger partial charge in [-0.2, -0.15) is 5.10 Å². The van der Waals surface area contributed by atoms with Crippen LogP contribution in [-0.2, 0) is 9.59 Å². The smallest absolute Gasteiger partial charge is 0.221 e. The van der Waals surface area contributed by atoms with Gasteiger partial charge in [-0.3, -0.25) is 14.7 Å². The van der Waals surface area contributed by atoms with Crippen LogP contribution in [0.2, 0.25) is 0 Å². The summed E-state index contributed by atoms with van der Waals surface area (Å²) in [5.74, 6) is 0.422. The molecule has 0 radical (unpaired) electrons. The Balaban J connectivity index is 1.65. The van der Waals surface area contributed by atoms with Crippen molar-refractivity contribution in [2.45, 2.75) is 70.4 Å². The first-order valence-corrected chi connectivity index (χ1v) is 8.09. The quantitative estimate of drug-likeness (QED) is 0.695. The SMILES string of the molecule is C[C@@H](NC(=O)CCC(=O)NC1CCCCCC1)c1ncn[nH]1. The minimum atomic E-state index is -0.236. The van der Waals surface area contributed by atoms with E-state index in [1.807, 2.05) is 6.92 Å². The molecule has 1 saturated carbocycles. The van der Waals surface area contributed by atoms with Crippen molar-refractivity contribution in [1.29, 1.82) is 0 Å². The fourth-order valence-electron chi connectivity index (χ4n) is 2.76. The number of amides is 2. The van der Waals surface area contributed by atoms with E-state index in [1.54, 1.807) is 0 Å². The maximum Gasteiger partial charge on any atom is 0.221 e. The molecule has 1 atom stereocenters. The summed E-state index contributed by atoms with van der Waals surface area (Å²) in [5, 5.41) is 12.3. The summed E-state index contributed by atoms with van der Waals surface area (Å²) < 4.78 is 0. The number of nitrogens with zero attached hydrogens (tertiary/aromatic N) is 2. The Hall–Kier alpha value is -1.92. The number of nitrogens with one attached hydrogen (secondary N) is 3. The zero-order valence-corrected chi connectivity index (χ0v) is 13.1. The van der Waals surface area contributed by atoms with Crippen molar-refractivity contribution in [2.75, 3.05) is 0 Å². The molecule has 0 aromatic carbocycles. The van der Waals surface area contributed by atoms with Crippen molar-refractivity contribution in [3.05, 3.63) is 12.2 Å². The second kappa shape index (κ2) is 8.51. The van der Waals surface area contributed by atoms with Crippen LogP contribution in [0.15, 0.2) is 6.33 Å². The zero-order valence-electron chi connectivity index (χ0n) is 13.1. The Morgan fingerprint density at radius 3 is 2.55 bits per heavy atom. The van der Waals surface area contributed by atoms with E-state index < -0.39 is 0 Å². The highest BCUT2D eigenvalue weighted by Gasteiger charge is 2.16. The monoisotopic (exact) mass is 307 g/mol. The van der Waals surface area contributed by atoms with Crippen molar-refractivity contribution in [3.8, 4) is 0 Å². The van der Waals surface area contributed by atoms with Gasteiger partial charge in [0.25, 0.3) is 0 Å². The van der Waals surface area contributed by atoms with Crippen LogP contribution >= 0.6 is 0 Å². The van der Waals surface area contributed by atoms with Gasteiger partial charge in [0.15, 0.2) is 0 Å². The van der Waals surface area contributed by atoms with E-state index in [0.717, 1.165) is 12.8 Å². The zero-order chi connectivity index (χ0) is 15.8. The molecular formula is C15H25N5O2. The maximum atomic E-state index is 11.9. The van der Waals surface area contributed by atoms with Gasteiger partial charge >= 0.3 is 0 Å². The molecule has 0 unspecified atom stereocenters. The molecule has 0 saturated heterocycles. The summed E-state index contributed by atoms with van der Waals surface area (Å²) in [6.07, 6.45) is 8.81. The summed E-state index contributed by atoms with van der Waals surface area (Å²) in [6.45, 7) is 1.82. The lowest BCUT2D eigenvalue weighted by Gasteiger charge is -2.16. The standard InChI is InChI=1S/C15H25N5O2/c1-11(15-16-10-17-20-15)18-13(21)8-9-14(22)19-12-6-4-2-3-5-7-12/h10-12H,2-9H2,1H3,(H,18,21)(H,19,22)(H,16,17,20)/t11-/m1/s1. The first-order valence-electron chi connectivity index (χ1n) is 8.09. The van der Waals surface area contributed by atoms with Crippen LogP contribution in [0.1, 0.15) is 70.2 Å². The Morgan fingerprint density at radius 1 is 1.23 bits per heavy atom. The summed E-state index contributed by atoms with van der Waals surface area (Å²) in [7, 11) is 0. The van der Waals surface area contributed by atoms with Crippen molar-refractivity contribution in [3.63, 3.8) is 0 Å². The largest absolute Gasteiger partial charge is 0.353 e. The lowest BCUT2D eigenvalue weighted by atomic mass is 10.1. The number of carbonyl (C=O) groups is 2. The van der Waals surface area contributed by atoms with Gasteiger partial charge in [-0.15, -0.1) is 0 Å². The number of hydrogen-bond acceptors (Lipinski definition) is 4. The summed E-state index contributed by atoms with van der Waals surface area (Å²) in [4.78, 5) is 27.8. The molecule has 2 amide bonds. The summed E-state index contributed by atoms with van der Waals surface area (Å²) in [6, 6.07) is 0.0473. The van der Waals surface area contributed by atoms with Gasteiger partial charge in [-0.05, 0) is 19.8 Å². The highest BCUT2D eigenvalue weighted by atomic mass is 16.2. The molecule has 2 rings (SSSR count). The van der Waals surface area contributed by atoms with Crippen molar-refractivity contribution in [2.24, 2.45) is 0 Å². The first-order chi connectivity index (χ1) is 10.6. The number of carbonyl (C=O) groups excluding carboxylic acids is 2. The molecule has 7 nitrogen and oxygen atoms in total. The lowest BCUT2D eigenvalue weighted by Crippen LogP contribution is -2.35.